The van der Waals surface area contributed by atoms with Crippen LogP contribution in [0.25, 0.3) is 17.1 Å². The van der Waals surface area contributed by atoms with Crippen LogP contribution in [-0.2, 0) is 14.3 Å². The molecule has 4 aromatic rings. The van der Waals surface area contributed by atoms with E-state index in [0.717, 1.165) is 4.47 Å². The second-order valence-electron chi connectivity index (χ2n) is 7.47. The number of hydrogen-bond donors (Lipinski definition) is 1. The van der Waals surface area contributed by atoms with E-state index in [1.165, 1.54) is 23.5 Å². The van der Waals surface area contributed by atoms with Crippen molar-refractivity contribution in [3.8, 4) is 17.1 Å². The number of amides is 2. The number of carbonyl (C=O) groups is 2. The number of anilines is 1. The molecule has 2 amide bonds. The Hall–Kier alpha value is -4.39. The first-order chi connectivity index (χ1) is 16.9. The van der Waals surface area contributed by atoms with Crippen molar-refractivity contribution in [3.05, 3.63) is 70.3 Å². The van der Waals surface area contributed by atoms with Crippen molar-refractivity contribution in [1.29, 1.82) is 0 Å². The van der Waals surface area contributed by atoms with Gasteiger partial charge in [-0.3, -0.25) is 9.59 Å². The highest BCUT2D eigenvalue weighted by Crippen LogP contribution is 2.36. The van der Waals surface area contributed by atoms with Gasteiger partial charge in [0, 0.05) is 29.4 Å². The highest BCUT2D eigenvalue weighted by Gasteiger charge is 2.39. The van der Waals surface area contributed by atoms with Gasteiger partial charge in [0.15, 0.2) is 5.69 Å². The van der Waals surface area contributed by atoms with Crippen molar-refractivity contribution < 1.29 is 19.0 Å². The van der Waals surface area contributed by atoms with E-state index in [0.29, 0.717) is 22.5 Å². The second kappa shape index (κ2) is 9.10. The lowest BCUT2D eigenvalue weighted by molar-refractivity contribution is -0.135. The first kappa shape index (κ1) is 22.4. The fourth-order valence-corrected chi connectivity index (χ4v) is 3.93. The zero-order valence-electron chi connectivity index (χ0n) is 18.4. The molecule has 1 atom stereocenters. The molecular formula is C22H17BrN8O4. The fourth-order valence-electron chi connectivity index (χ4n) is 3.53. The lowest BCUT2D eigenvalue weighted by Gasteiger charge is -2.18. The van der Waals surface area contributed by atoms with Crippen LogP contribution in [0.2, 0.25) is 0 Å². The summed E-state index contributed by atoms with van der Waals surface area (Å²) in [5, 5.41) is 24.3. The quantitative estimate of drug-likeness (QED) is 0.409. The molecule has 0 fully saturated rings. The smallest absolute Gasteiger partial charge is 0.244 e. The molecule has 176 valence electrons. The molecule has 0 saturated heterocycles. The molecule has 0 spiro atoms. The first-order valence-corrected chi connectivity index (χ1v) is 11.1. The molecule has 35 heavy (non-hydrogen) atoms. The Bertz CT molecular complexity index is 1450. The molecular weight excluding hydrogens is 520 g/mol. The topological polar surface area (TPSA) is 141 Å². The molecule has 0 bridgehead atoms. The van der Waals surface area contributed by atoms with Gasteiger partial charge in [-0.1, -0.05) is 57.5 Å². The molecule has 2 aromatic heterocycles. The number of carbonyl (C=O) groups excluding carboxylic acids is 2. The molecule has 1 aliphatic heterocycles. The second-order valence-corrected chi connectivity index (χ2v) is 8.38. The van der Waals surface area contributed by atoms with E-state index in [4.69, 9.17) is 9.37 Å². The zero-order chi connectivity index (χ0) is 24.5. The minimum Gasteiger partial charge on any atom is -0.444 e. The molecule has 1 N–H and O–H groups in total. The summed E-state index contributed by atoms with van der Waals surface area (Å²) in [5.41, 5.74) is 2.13. The number of benzene rings is 2. The summed E-state index contributed by atoms with van der Waals surface area (Å²) in [4.78, 5) is 24.2. The summed E-state index contributed by atoms with van der Waals surface area (Å²) < 4.78 is 13.2. The Kier molecular flexibility index (Phi) is 5.82. The van der Waals surface area contributed by atoms with Crippen molar-refractivity contribution >= 4 is 39.5 Å². The number of aromatic nitrogens is 5. The number of nitrogens with one attached hydrogen (secondary N) is 1. The predicted molar refractivity (Wildman–Crippen MR) is 126 cm³/mol. The van der Waals surface area contributed by atoms with E-state index in [9.17, 15) is 9.59 Å². The van der Waals surface area contributed by atoms with E-state index in [1.807, 2.05) is 54.6 Å². The van der Waals surface area contributed by atoms with Crippen LogP contribution in [0.4, 0.5) is 5.82 Å². The standard InChI is InChI=1S/C22H17BrN8O4/c1-12(32)24-19-20(28-35-27-19)31-18(14-7-4-3-5-8-14)17(25-29-31)22-30(13(2)33)26-21(34-22)15-9-6-10-16(23)11-15/h3-11,22H,1-2H3,(H,24,27,32)/t22-/m1/s1. The first-order valence-electron chi connectivity index (χ1n) is 10.3. The Morgan fingerprint density at radius 1 is 1.03 bits per heavy atom. The Morgan fingerprint density at radius 3 is 2.51 bits per heavy atom. The molecule has 2 aromatic carbocycles. The highest BCUT2D eigenvalue weighted by atomic mass is 79.9. The monoisotopic (exact) mass is 536 g/mol. The maximum Gasteiger partial charge on any atom is 0.244 e. The van der Waals surface area contributed by atoms with Gasteiger partial charge >= 0.3 is 0 Å². The summed E-state index contributed by atoms with van der Waals surface area (Å²) >= 11 is 3.44. The van der Waals surface area contributed by atoms with Crippen LogP contribution < -0.4 is 5.32 Å². The summed E-state index contributed by atoms with van der Waals surface area (Å²) in [5.74, 6) is -0.290. The number of ether oxygens (including phenoxy) is 1. The molecule has 12 nitrogen and oxygen atoms in total. The maximum absolute atomic E-state index is 12.5. The van der Waals surface area contributed by atoms with E-state index >= 15 is 0 Å². The van der Waals surface area contributed by atoms with Crippen LogP contribution in [0.3, 0.4) is 0 Å². The number of nitrogens with zero attached hydrogens (tertiary/aromatic N) is 7. The molecule has 3 heterocycles. The summed E-state index contributed by atoms with van der Waals surface area (Å²) in [6.45, 7) is 2.72. The summed E-state index contributed by atoms with van der Waals surface area (Å²) in [6.07, 6.45) is -1.01. The van der Waals surface area contributed by atoms with Crippen molar-refractivity contribution in [2.75, 3.05) is 5.32 Å². The van der Waals surface area contributed by atoms with Crippen LogP contribution in [0, 0.1) is 0 Å². The Balaban J connectivity index is 1.63. The van der Waals surface area contributed by atoms with Gasteiger partial charge in [0.1, 0.15) is 5.69 Å². The lowest BCUT2D eigenvalue weighted by Crippen LogP contribution is -2.26. The molecule has 13 heteroatoms. The van der Waals surface area contributed by atoms with Gasteiger partial charge in [-0.2, -0.15) is 9.69 Å². The van der Waals surface area contributed by atoms with Crippen LogP contribution in [0.5, 0.6) is 0 Å². The number of halogens is 1. The minimum atomic E-state index is -1.01. The molecule has 0 aliphatic carbocycles. The van der Waals surface area contributed by atoms with Gasteiger partial charge in [0.2, 0.25) is 35.6 Å². The maximum atomic E-state index is 12.5. The van der Waals surface area contributed by atoms with Gasteiger partial charge in [0.25, 0.3) is 0 Å². The van der Waals surface area contributed by atoms with Gasteiger partial charge in [-0.15, -0.1) is 10.2 Å². The van der Waals surface area contributed by atoms with Crippen LogP contribution in [0.1, 0.15) is 31.3 Å². The molecule has 0 saturated carbocycles. The van der Waals surface area contributed by atoms with Crippen molar-refractivity contribution in [2.24, 2.45) is 5.10 Å². The average molecular weight is 537 g/mol. The number of hydrogen-bond acceptors (Lipinski definition) is 9. The van der Waals surface area contributed by atoms with Crippen LogP contribution >= 0.6 is 15.9 Å². The third-order valence-corrected chi connectivity index (χ3v) is 5.48. The van der Waals surface area contributed by atoms with Crippen molar-refractivity contribution in [1.82, 2.24) is 30.3 Å². The van der Waals surface area contributed by atoms with E-state index in [1.54, 1.807) is 0 Å². The summed E-state index contributed by atoms with van der Waals surface area (Å²) in [6, 6.07) is 16.6. The van der Waals surface area contributed by atoms with E-state index in [2.05, 4.69) is 47.0 Å². The third-order valence-electron chi connectivity index (χ3n) is 4.98. The highest BCUT2D eigenvalue weighted by molar-refractivity contribution is 9.10. The molecule has 1 aliphatic rings. The fraction of sp³-hybridized carbons (Fsp3) is 0.136. The average Bonchev–Trinajstić information content (AvgIpc) is 3.57. The number of rotatable bonds is 5. The third kappa shape index (κ3) is 4.28. The molecule has 0 radical (unpaired) electrons. The van der Waals surface area contributed by atoms with Gasteiger partial charge in [-0.25, -0.2) is 4.63 Å². The zero-order valence-corrected chi connectivity index (χ0v) is 20.0. The normalized spacial score (nSPS) is 15.0. The largest absolute Gasteiger partial charge is 0.444 e. The van der Waals surface area contributed by atoms with Gasteiger partial charge < -0.3 is 10.1 Å². The minimum absolute atomic E-state index is 0.0629. The van der Waals surface area contributed by atoms with E-state index < -0.39 is 6.23 Å². The van der Waals surface area contributed by atoms with Crippen LogP contribution in [0.15, 0.2) is 68.8 Å². The molecule has 5 rings (SSSR count). The number of hydrazone groups is 1. The summed E-state index contributed by atoms with van der Waals surface area (Å²) in [7, 11) is 0. The molecule has 0 unspecified atom stereocenters. The van der Waals surface area contributed by atoms with Crippen molar-refractivity contribution in [3.63, 3.8) is 0 Å². The van der Waals surface area contributed by atoms with Crippen molar-refractivity contribution in [2.45, 2.75) is 20.1 Å². The Labute approximate surface area is 206 Å². The van der Waals surface area contributed by atoms with Crippen LogP contribution in [-0.4, -0.2) is 48.0 Å². The Morgan fingerprint density at radius 2 is 1.80 bits per heavy atom. The van der Waals surface area contributed by atoms with Gasteiger partial charge in [-0.05, 0) is 28.5 Å². The lowest BCUT2D eigenvalue weighted by atomic mass is 10.1. The SMILES string of the molecule is CC(=O)Nc1nonc1-n1nnc([C@H]2OC(c3cccc(Br)c3)=NN2C(C)=O)c1-c1ccccc1. The van der Waals surface area contributed by atoms with Gasteiger partial charge in [0.05, 0.1) is 0 Å². The predicted octanol–water partition coefficient (Wildman–Crippen LogP) is 3.28. The van der Waals surface area contributed by atoms with E-state index in [-0.39, 0.29) is 29.3 Å².